The molecule has 1 aliphatic rings. The third-order valence-electron chi connectivity index (χ3n) is 3.11. The van der Waals surface area contributed by atoms with Crippen molar-refractivity contribution in [3.05, 3.63) is 24.3 Å². The number of benzene rings is 1. The standard InChI is InChI=1S/C14H19N3O2/c1-10(15-2)17(3)12-6-4-11(5-7-12)16-14(18)19-13-8-9-13/h4-7,13H,8-9H2,1-3H3,(H,16,18). The van der Waals surface area contributed by atoms with E-state index >= 15 is 0 Å². The smallest absolute Gasteiger partial charge is 0.411 e. The van der Waals surface area contributed by atoms with E-state index in [1.807, 2.05) is 43.1 Å². The monoisotopic (exact) mass is 261 g/mol. The Balaban J connectivity index is 1.95. The van der Waals surface area contributed by atoms with Gasteiger partial charge in [-0.2, -0.15) is 0 Å². The quantitative estimate of drug-likeness (QED) is 0.672. The van der Waals surface area contributed by atoms with Gasteiger partial charge in [0.05, 0.1) is 5.84 Å². The van der Waals surface area contributed by atoms with E-state index < -0.39 is 0 Å². The van der Waals surface area contributed by atoms with Crippen LogP contribution >= 0.6 is 0 Å². The Morgan fingerprint density at radius 1 is 1.37 bits per heavy atom. The van der Waals surface area contributed by atoms with E-state index in [0.717, 1.165) is 30.1 Å². The molecule has 1 amide bonds. The molecule has 0 spiro atoms. The SMILES string of the molecule is CN=C(C)N(C)c1ccc(NC(=O)OC2CC2)cc1. The van der Waals surface area contributed by atoms with E-state index in [9.17, 15) is 4.79 Å². The van der Waals surface area contributed by atoms with E-state index in [0.29, 0.717) is 0 Å². The zero-order chi connectivity index (χ0) is 13.8. The molecule has 1 saturated carbocycles. The second-order valence-corrected chi connectivity index (χ2v) is 4.61. The molecule has 1 N–H and O–H groups in total. The Morgan fingerprint density at radius 2 is 2.00 bits per heavy atom. The highest BCUT2D eigenvalue weighted by atomic mass is 16.6. The maximum atomic E-state index is 11.5. The molecule has 19 heavy (non-hydrogen) atoms. The van der Waals surface area contributed by atoms with Crippen molar-refractivity contribution in [3.8, 4) is 0 Å². The average Bonchev–Trinajstić information content (AvgIpc) is 3.21. The van der Waals surface area contributed by atoms with E-state index in [1.54, 1.807) is 7.05 Å². The van der Waals surface area contributed by atoms with Crippen molar-refractivity contribution >= 4 is 23.3 Å². The minimum Gasteiger partial charge on any atom is -0.446 e. The third kappa shape index (κ3) is 3.71. The van der Waals surface area contributed by atoms with Crippen LogP contribution in [0, 0.1) is 0 Å². The van der Waals surface area contributed by atoms with Crippen molar-refractivity contribution in [2.45, 2.75) is 25.9 Å². The number of nitrogens with zero attached hydrogens (tertiary/aromatic N) is 2. The molecule has 1 fully saturated rings. The molecule has 0 heterocycles. The fourth-order valence-corrected chi connectivity index (χ4v) is 1.59. The number of anilines is 2. The van der Waals surface area contributed by atoms with Gasteiger partial charge in [-0.15, -0.1) is 0 Å². The number of hydrogen-bond acceptors (Lipinski definition) is 3. The van der Waals surface area contributed by atoms with Crippen LogP contribution in [0.4, 0.5) is 16.2 Å². The average molecular weight is 261 g/mol. The van der Waals surface area contributed by atoms with E-state index in [2.05, 4.69) is 10.3 Å². The highest BCUT2D eigenvalue weighted by Crippen LogP contribution is 2.24. The second-order valence-electron chi connectivity index (χ2n) is 4.61. The van der Waals surface area contributed by atoms with Gasteiger partial charge in [0, 0.05) is 25.5 Å². The van der Waals surface area contributed by atoms with Gasteiger partial charge >= 0.3 is 6.09 Å². The molecule has 2 rings (SSSR count). The number of amidine groups is 1. The normalized spacial score (nSPS) is 15.0. The first kappa shape index (κ1) is 13.4. The molecule has 102 valence electrons. The van der Waals surface area contributed by atoms with Gasteiger partial charge in [0.25, 0.3) is 0 Å². The van der Waals surface area contributed by atoms with Crippen LogP contribution in [0.5, 0.6) is 0 Å². The first-order valence-corrected chi connectivity index (χ1v) is 6.35. The first-order chi connectivity index (χ1) is 9.10. The summed E-state index contributed by atoms with van der Waals surface area (Å²) < 4.78 is 5.12. The number of carbonyl (C=O) groups is 1. The van der Waals surface area contributed by atoms with Gasteiger partial charge in [0.2, 0.25) is 0 Å². The molecular weight excluding hydrogens is 242 g/mol. The van der Waals surface area contributed by atoms with E-state index in [4.69, 9.17) is 4.74 Å². The fourth-order valence-electron chi connectivity index (χ4n) is 1.59. The number of ether oxygens (including phenoxy) is 1. The van der Waals surface area contributed by atoms with Crippen LogP contribution in [0.15, 0.2) is 29.3 Å². The van der Waals surface area contributed by atoms with Crippen LogP contribution in [0.2, 0.25) is 0 Å². The number of nitrogens with one attached hydrogen (secondary N) is 1. The highest BCUT2D eigenvalue weighted by molar-refractivity contribution is 5.95. The Labute approximate surface area is 113 Å². The number of aliphatic imine (C=N–C) groups is 1. The lowest BCUT2D eigenvalue weighted by Crippen LogP contribution is -2.23. The first-order valence-electron chi connectivity index (χ1n) is 6.35. The minimum absolute atomic E-state index is 0.119. The summed E-state index contributed by atoms with van der Waals surface area (Å²) in [6, 6.07) is 7.56. The van der Waals surface area contributed by atoms with Crippen molar-refractivity contribution in [2.24, 2.45) is 4.99 Å². The Hall–Kier alpha value is -2.04. The zero-order valence-corrected chi connectivity index (χ0v) is 11.5. The Kier molecular flexibility index (Phi) is 4.04. The van der Waals surface area contributed by atoms with Gasteiger partial charge in [0.1, 0.15) is 6.10 Å². The van der Waals surface area contributed by atoms with Crippen molar-refractivity contribution in [2.75, 3.05) is 24.3 Å². The van der Waals surface area contributed by atoms with E-state index in [-0.39, 0.29) is 12.2 Å². The van der Waals surface area contributed by atoms with Crippen LogP contribution < -0.4 is 10.2 Å². The summed E-state index contributed by atoms with van der Waals surface area (Å²) in [5.74, 6) is 0.925. The summed E-state index contributed by atoms with van der Waals surface area (Å²) in [6.07, 6.45) is 1.70. The largest absolute Gasteiger partial charge is 0.446 e. The number of amides is 1. The van der Waals surface area contributed by atoms with Gasteiger partial charge < -0.3 is 9.64 Å². The third-order valence-corrected chi connectivity index (χ3v) is 3.11. The Morgan fingerprint density at radius 3 is 2.53 bits per heavy atom. The predicted molar refractivity (Wildman–Crippen MR) is 77.0 cm³/mol. The molecule has 0 unspecified atom stereocenters. The second kappa shape index (κ2) is 5.73. The maximum absolute atomic E-state index is 11.5. The highest BCUT2D eigenvalue weighted by Gasteiger charge is 2.25. The van der Waals surface area contributed by atoms with Crippen molar-refractivity contribution < 1.29 is 9.53 Å². The van der Waals surface area contributed by atoms with Crippen molar-refractivity contribution in [1.29, 1.82) is 0 Å². The van der Waals surface area contributed by atoms with Crippen LogP contribution in [-0.4, -0.2) is 32.1 Å². The molecular formula is C14H19N3O2. The van der Waals surface area contributed by atoms with Crippen LogP contribution in [0.25, 0.3) is 0 Å². The summed E-state index contributed by atoms with van der Waals surface area (Å²) in [6.45, 7) is 1.94. The molecule has 0 bridgehead atoms. The Bertz CT molecular complexity index is 478. The predicted octanol–water partition coefficient (Wildman–Crippen LogP) is 2.88. The summed E-state index contributed by atoms with van der Waals surface area (Å²) in [5, 5.41) is 2.71. The summed E-state index contributed by atoms with van der Waals surface area (Å²) >= 11 is 0. The molecule has 0 radical (unpaired) electrons. The summed E-state index contributed by atoms with van der Waals surface area (Å²) in [5.41, 5.74) is 1.75. The van der Waals surface area contributed by atoms with Crippen LogP contribution in [0.3, 0.4) is 0 Å². The molecule has 5 nitrogen and oxygen atoms in total. The van der Waals surface area contributed by atoms with Crippen molar-refractivity contribution in [1.82, 2.24) is 0 Å². The zero-order valence-electron chi connectivity index (χ0n) is 11.5. The molecule has 1 aliphatic carbocycles. The molecule has 5 heteroatoms. The molecule has 0 saturated heterocycles. The molecule has 0 atom stereocenters. The van der Waals surface area contributed by atoms with Crippen molar-refractivity contribution in [3.63, 3.8) is 0 Å². The lowest BCUT2D eigenvalue weighted by Gasteiger charge is -2.18. The fraction of sp³-hybridized carbons (Fsp3) is 0.429. The van der Waals surface area contributed by atoms with Crippen LogP contribution in [-0.2, 0) is 4.74 Å². The molecule has 1 aromatic carbocycles. The van der Waals surface area contributed by atoms with E-state index in [1.165, 1.54) is 0 Å². The van der Waals surface area contributed by atoms with Gasteiger partial charge in [0.15, 0.2) is 0 Å². The number of rotatable bonds is 3. The summed E-state index contributed by atoms with van der Waals surface area (Å²) in [7, 11) is 3.71. The summed E-state index contributed by atoms with van der Waals surface area (Å²) in [4.78, 5) is 17.6. The molecule has 0 aliphatic heterocycles. The lowest BCUT2D eigenvalue weighted by atomic mass is 10.2. The van der Waals surface area contributed by atoms with Gasteiger partial charge in [-0.05, 0) is 44.0 Å². The van der Waals surface area contributed by atoms with Gasteiger partial charge in [-0.1, -0.05) is 0 Å². The maximum Gasteiger partial charge on any atom is 0.411 e. The van der Waals surface area contributed by atoms with Gasteiger partial charge in [-0.3, -0.25) is 10.3 Å². The molecule has 0 aromatic heterocycles. The molecule has 1 aromatic rings. The lowest BCUT2D eigenvalue weighted by molar-refractivity contribution is 0.154. The minimum atomic E-state index is -0.380. The number of carbonyl (C=O) groups excluding carboxylic acids is 1. The van der Waals surface area contributed by atoms with Gasteiger partial charge in [-0.25, -0.2) is 4.79 Å². The van der Waals surface area contributed by atoms with Crippen LogP contribution in [0.1, 0.15) is 19.8 Å². The topological polar surface area (TPSA) is 53.9 Å². The number of hydrogen-bond donors (Lipinski definition) is 1.